The lowest BCUT2D eigenvalue weighted by Crippen LogP contribution is -2.44. The molecule has 2 saturated heterocycles. The maximum Gasteiger partial charge on any atom is 0.268 e. The summed E-state index contributed by atoms with van der Waals surface area (Å²) in [5.74, 6) is 1.04. The molecule has 1 amide bonds. The lowest BCUT2D eigenvalue weighted by molar-refractivity contribution is -0.130. The number of piperazine rings is 1. The van der Waals surface area contributed by atoms with Gasteiger partial charge in [-0.15, -0.1) is 0 Å². The summed E-state index contributed by atoms with van der Waals surface area (Å²) in [5.41, 5.74) is 3.16. The van der Waals surface area contributed by atoms with Crippen LogP contribution in [0.4, 0.5) is 31.9 Å². The van der Waals surface area contributed by atoms with Gasteiger partial charge in [0.05, 0.1) is 12.1 Å². The third-order valence-corrected chi connectivity index (χ3v) is 7.84. The number of hydrogen-bond donors (Lipinski definition) is 2. The molecule has 1 aromatic carbocycles. The fourth-order valence-corrected chi connectivity index (χ4v) is 5.31. The SMILES string of the molecule is CN1CCN(c2ccc(Nc3ncc(C(F)F)c(NCCCN4CCCN(C)CC4=O)n3)c(C3CC3)c2)CC1. The molecule has 2 aromatic rings. The minimum atomic E-state index is -2.69. The second-order valence-corrected chi connectivity index (χ2v) is 11.0. The van der Waals surface area contributed by atoms with E-state index in [1.807, 2.05) is 16.8 Å². The molecule has 212 valence electrons. The van der Waals surface area contributed by atoms with Crippen molar-refractivity contribution in [1.82, 2.24) is 24.7 Å². The van der Waals surface area contributed by atoms with Gasteiger partial charge in [0.15, 0.2) is 0 Å². The van der Waals surface area contributed by atoms with Crippen LogP contribution in [0.25, 0.3) is 0 Å². The highest BCUT2D eigenvalue weighted by atomic mass is 19.3. The van der Waals surface area contributed by atoms with Crippen LogP contribution < -0.4 is 15.5 Å². The van der Waals surface area contributed by atoms with Gasteiger partial charge in [0.25, 0.3) is 6.43 Å². The fourth-order valence-electron chi connectivity index (χ4n) is 5.31. The molecule has 9 nitrogen and oxygen atoms in total. The number of nitrogens with one attached hydrogen (secondary N) is 2. The van der Waals surface area contributed by atoms with E-state index in [-0.39, 0.29) is 17.3 Å². The van der Waals surface area contributed by atoms with E-state index in [2.05, 4.69) is 55.6 Å². The number of carbonyl (C=O) groups excluding carboxylic acids is 1. The predicted molar refractivity (Wildman–Crippen MR) is 150 cm³/mol. The highest BCUT2D eigenvalue weighted by molar-refractivity contribution is 5.78. The number of likely N-dealkylation sites (N-methyl/N-ethyl adjacent to an activating group) is 2. The molecule has 1 aromatic heterocycles. The first-order chi connectivity index (χ1) is 18.9. The molecule has 2 N–H and O–H groups in total. The Morgan fingerprint density at radius 3 is 2.59 bits per heavy atom. The molecule has 0 spiro atoms. The van der Waals surface area contributed by atoms with Crippen molar-refractivity contribution in [3.63, 3.8) is 0 Å². The summed E-state index contributed by atoms with van der Waals surface area (Å²) in [6.07, 6.45) is 2.39. The quantitative estimate of drug-likeness (QED) is 0.440. The third kappa shape index (κ3) is 7.13. The van der Waals surface area contributed by atoms with E-state index in [0.29, 0.717) is 37.9 Å². The first-order valence-electron chi connectivity index (χ1n) is 14.1. The molecule has 2 aliphatic heterocycles. The zero-order valence-electron chi connectivity index (χ0n) is 23.0. The predicted octanol–water partition coefficient (Wildman–Crippen LogP) is 3.75. The van der Waals surface area contributed by atoms with E-state index in [4.69, 9.17) is 0 Å². The summed E-state index contributed by atoms with van der Waals surface area (Å²) in [4.78, 5) is 29.7. The van der Waals surface area contributed by atoms with Gasteiger partial charge < -0.3 is 25.3 Å². The third-order valence-electron chi connectivity index (χ3n) is 7.84. The summed E-state index contributed by atoms with van der Waals surface area (Å²) in [7, 11) is 4.10. The van der Waals surface area contributed by atoms with Crippen LogP contribution in [0.3, 0.4) is 0 Å². The van der Waals surface area contributed by atoms with Gasteiger partial charge in [-0.1, -0.05) is 0 Å². The molecule has 0 radical (unpaired) electrons. The van der Waals surface area contributed by atoms with Crippen LogP contribution in [0.15, 0.2) is 24.4 Å². The number of anilines is 4. The normalized spacial score (nSPS) is 19.5. The molecular formula is C28H40F2N8O. The molecule has 3 aliphatic rings. The fraction of sp³-hybridized carbons (Fsp3) is 0.607. The Kier molecular flexibility index (Phi) is 8.76. The second-order valence-electron chi connectivity index (χ2n) is 11.0. The van der Waals surface area contributed by atoms with Crippen molar-refractivity contribution in [3.8, 4) is 0 Å². The Morgan fingerprint density at radius 1 is 1.05 bits per heavy atom. The number of benzene rings is 1. The summed E-state index contributed by atoms with van der Waals surface area (Å²) < 4.78 is 27.5. The number of amides is 1. The van der Waals surface area contributed by atoms with Crippen molar-refractivity contribution in [2.45, 2.75) is 38.0 Å². The van der Waals surface area contributed by atoms with E-state index < -0.39 is 6.43 Å². The average Bonchev–Trinajstić information content (AvgIpc) is 3.77. The Balaban J connectivity index is 1.24. The van der Waals surface area contributed by atoms with Crippen molar-refractivity contribution in [2.24, 2.45) is 0 Å². The molecule has 0 bridgehead atoms. The van der Waals surface area contributed by atoms with E-state index in [1.54, 1.807) is 0 Å². The number of rotatable bonds is 10. The molecule has 1 aliphatic carbocycles. The number of alkyl halides is 2. The summed E-state index contributed by atoms with van der Waals surface area (Å²) in [6.45, 7) is 7.17. The average molecular weight is 543 g/mol. The van der Waals surface area contributed by atoms with Gasteiger partial charge in [-0.05, 0) is 69.5 Å². The van der Waals surface area contributed by atoms with E-state index in [9.17, 15) is 13.6 Å². The molecule has 11 heteroatoms. The van der Waals surface area contributed by atoms with E-state index in [1.165, 1.54) is 17.4 Å². The summed E-state index contributed by atoms with van der Waals surface area (Å²) in [6, 6.07) is 6.45. The van der Waals surface area contributed by atoms with Crippen LogP contribution in [-0.4, -0.2) is 104 Å². The van der Waals surface area contributed by atoms with Gasteiger partial charge in [-0.2, -0.15) is 4.98 Å². The van der Waals surface area contributed by atoms with Gasteiger partial charge in [-0.25, -0.2) is 13.8 Å². The molecule has 39 heavy (non-hydrogen) atoms. The van der Waals surface area contributed by atoms with Gasteiger partial charge in [0.1, 0.15) is 5.82 Å². The van der Waals surface area contributed by atoms with Crippen molar-refractivity contribution in [3.05, 3.63) is 35.5 Å². The van der Waals surface area contributed by atoms with Gasteiger partial charge in [0, 0.05) is 69.9 Å². The number of aromatic nitrogens is 2. The molecule has 3 heterocycles. The smallest absolute Gasteiger partial charge is 0.268 e. The van der Waals surface area contributed by atoms with Crippen molar-refractivity contribution >= 4 is 29.0 Å². The standard InChI is InChI=1S/C28H40F2N8O/c1-35-13-15-37(16-14-35)21-7-8-24(22(17-21)20-5-6-20)33-28-32-18-23(26(29)30)27(34-28)31-9-3-11-38-12-4-10-36(2)19-25(38)39/h7-8,17-18,20,26H,3-6,9-16,19H2,1-2H3,(H2,31,32,33,34). The van der Waals surface area contributed by atoms with Gasteiger partial charge in [0.2, 0.25) is 11.9 Å². The lowest BCUT2D eigenvalue weighted by atomic mass is 10.1. The highest BCUT2D eigenvalue weighted by Crippen LogP contribution is 2.45. The summed E-state index contributed by atoms with van der Waals surface area (Å²) in [5, 5.41) is 6.38. The molecule has 0 atom stereocenters. The molecule has 0 unspecified atom stereocenters. The van der Waals surface area contributed by atoms with Gasteiger partial charge >= 0.3 is 0 Å². The van der Waals surface area contributed by atoms with Crippen LogP contribution in [0, 0.1) is 0 Å². The second kappa shape index (κ2) is 12.4. The van der Waals surface area contributed by atoms with E-state index >= 15 is 0 Å². The molecular weight excluding hydrogens is 502 g/mol. The molecule has 1 saturated carbocycles. The minimum Gasteiger partial charge on any atom is -0.369 e. The zero-order valence-corrected chi connectivity index (χ0v) is 23.0. The first-order valence-corrected chi connectivity index (χ1v) is 14.1. The van der Waals surface area contributed by atoms with Gasteiger partial charge in [-0.3, -0.25) is 9.69 Å². The number of nitrogens with zero attached hydrogens (tertiary/aromatic N) is 6. The zero-order chi connectivity index (χ0) is 27.4. The largest absolute Gasteiger partial charge is 0.369 e. The topological polar surface area (TPSA) is 79.9 Å². The lowest BCUT2D eigenvalue weighted by Gasteiger charge is -2.34. The number of carbonyl (C=O) groups is 1. The Hall–Kier alpha value is -3.05. The van der Waals surface area contributed by atoms with Crippen LogP contribution in [0.1, 0.15) is 49.2 Å². The highest BCUT2D eigenvalue weighted by Gasteiger charge is 2.28. The van der Waals surface area contributed by atoms with Crippen molar-refractivity contribution < 1.29 is 13.6 Å². The Bertz CT molecular complexity index is 1140. The summed E-state index contributed by atoms with van der Waals surface area (Å²) >= 11 is 0. The number of hydrogen-bond acceptors (Lipinski definition) is 8. The maximum absolute atomic E-state index is 13.7. The van der Waals surface area contributed by atoms with Crippen LogP contribution in [0.5, 0.6) is 0 Å². The van der Waals surface area contributed by atoms with Crippen LogP contribution >= 0.6 is 0 Å². The monoisotopic (exact) mass is 542 g/mol. The van der Waals surface area contributed by atoms with E-state index in [0.717, 1.165) is 64.2 Å². The van der Waals surface area contributed by atoms with Crippen LogP contribution in [-0.2, 0) is 4.79 Å². The first kappa shape index (κ1) is 27.5. The Labute approximate surface area is 229 Å². The van der Waals surface area contributed by atoms with Crippen molar-refractivity contribution in [2.75, 3.05) is 88.5 Å². The van der Waals surface area contributed by atoms with Crippen molar-refractivity contribution in [1.29, 1.82) is 0 Å². The minimum absolute atomic E-state index is 0.113. The Morgan fingerprint density at radius 2 is 1.85 bits per heavy atom. The number of halogens is 2. The maximum atomic E-state index is 13.7. The van der Waals surface area contributed by atoms with Crippen LogP contribution in [0.2, 0.25) is 0 Å². The molecule has 5 rings (SSSR count). The molecule has 3 fully saturated rings.